The Morgan fingerprint density at radius 3 is 2.71 bits per heavy atom. The van der Waals surface area contributed by atoms with Crippen LogP contribution in [0.4, 0.5) is 11.6 Å². The van der Waals surface area contributed by atoms with Gasteiger partial charge in [0.25, 0.3) is 0 Å². The zero-order chi connectivity index (χ0) is 12.1. The molecular weight excluding hydrogens is 214 g/mol. The maximum Gasteiger partial charge on any atom is 0.168 e. The zero-order valence-electron chi connectivity index (χ0n) is 10.4. The second kappa shape index (κ2) is 5.82. The minimum absolute atomic E-state index is 0.471. The van der Waals surface area contributed by atoms with Crippen LogP contribution in [0, 0.1) is 0 Å². The first-order chi connectivity index (χ1) is 8.27. The first kappa shape index (κ1) is 12.1. The number of hydrogen-bond acceptors (Lipinski definition) is 5. The molecule has 5 heteroatoms. The topological polar surface area (TPSA) is 67.1 Å². The number of nitrogen functional groups attached to an aromatic ring is 1. The largest absolute Gasteiger partial charge is 0.381 e. The lowest BCUT2D eigenvalue weighted by Crippen LogP contribution is -2.41. The number of nitrogens with zero attached hydrogens (tertiary/aromatic N) is 3. The summed E-state index contributed by atoms with van der Waals surface area (Å²) in [5.41, 5.74) is 5.74. The van der Waals surface area contributed by atoms with Crippen molar-refractivity contribution in [1.29, 1.82) is 0 Å². The average Bonchev–Trinajstić information content (AvgIpc) is 2.38. The molecule has 3 N–H and O–H groups in total. The lowest BCUT2D eigenvalue weighted by Gasteiger charge is -2.32. The molecule has 1 fully saturated rings. The predicted octanol–water partition coefficient (Wildman–Crippen LogP) is 1.35. The molecule has 1 atom stereocenters. The molecule has 1 aliphatic rings. The molecule has 0 bridgehead atoms. The molecule has 94 valence electrons. The molecule has 0 amide bonds. The highest BCUT2D eigenvalue weighted by Gasteiger charge is 2.16. The molecular formula is C12H21N5. The molecule has 0 aliphatic carbocycles. The van der Waals surface area contributed by atoms with Gasteiger partial charge in [-0.25, -0.2) is 9.97 Å². The minimum atomic E-state index is 0.471. The van der Waals surface area contributed by atoms with Crippen molar-refractivity contribution in [2.75, 3.05) is 30.7 Å². The third-order valence-corrected chi connectivity index (χ3v) is 3.31. The van der Waals surface area contributed by atoms with Crippen LogP contribution in [-0.4, -0.2) is 40.5 Å². The fraction of sp³-hybridized carbons (Fsp3) is 0.667. The Labute approximate surface area is 102 Å². The Kier molecular flexibility index (Phi) is 4.14. The van der Waals surface area contributed by atoms with Crippen molar-refractivity contribution in [3.05, 3.63) is 12.4 Å². The minimum Gasteiger partial charge on any atom is -0.381 e. The normalized spacial score (nSPS) is 18.9. The van der Waals surface area contributed by atoms with E-state index in [-0.39, 0.29) is 0 Å². The quantitative estimate of drug-likeness (QED) is 0.824. The van der Waals surface area contributed by atoms with Crippen molar-refractivity contribution < 1.29 is 0 Å². The van der Waals surface area contributed by atoms with Gasteiger partial charge in [0.2, 0.25) is 0 Å². The van der Waals surface area contributed by atoms with Crippen molar-refractivity contribution in [2.24, 2.45) is 0 Å². The second-order valence-electron chi connectivity index (χ2n) is 4.62. The molecule has 1 aromatic rings. The van der Waals surface area contributed by atoms with E-state index in [2.05, 4.69) is 27.1 Å². The van der Waals surface area contributed by atoms with Crippen LogP contribution in [0.3, 0.4) is 0 Å². The summed E-state index contributed by atoms with van der Waals surface area (Å²) in [6.07, 6.45) is 7.27. The van der Waals surface area contributed by atoms with E-state index in [1.807, 2.05) is 0 Å². The van der Waals surface area contributed by atoms with Gasteiger partial charge >= 0.3 is 0 Å². The predicted molar refractivity (Wildman–Crippen MR) is 69.8 cm³/mol. The molecule has 2 rings (SSSR count). The highest BCUT2D eigenvalue weighted by molar-refractivity contribution is 5.54. The van der Waals surface area contributed by atoms with Gasteiger partial charge < -0.3 is 11.1 Å². The van der Waals surface area contributed by atoms with Crippen molar-refractivity contribution >= 4 is 11.6 Å². The van der Waals surface area contributed by atoms with E-state index in [1.165, 1.54) is 32.4 Å². The van der Waals surface area contributed by atoms with Crippen LogP contribution in [0.15, 0.2) is 12.4 Å². The van der Waals surface area contributed by atoms with Gasteiger partial charge in [0.15, 0.2) is 11.6 Å². The number of aromatic nitrogens is 2. The van der Waals surface area contributed by atoms with Gasteiger partial charge in [0.05, 0.1) is 0 Å². The van der Waals surface area contributed by atoms with Crippen LogP contribution < -0.4 is 11.1 Å². The Hall–Kier alpha value is -1.36. The summed E-state index contributed by atoms with van der Waals surface area (Å²) in [6.45, 7) is 5.52. The summed E-state index contributed by atoms with van der Waals surface area (Å²) >= 11 is 0. The molecule has 0 aromatic carbocycles. The van der Waals surface area contributed by atoms with Crippen LogP contribution in [0.2, 0.25) is 0 Å². The molecule has 0 radical (unpaired) electrons. The molecule has 0 spiro atoms. The van der Waals surface area contributed by atoms with Gasteiger partial charge in [-0.1, -0.05) is 6.42 Å². The third-order valence-electron chi connectivity index (χ3n) is 3.31. The van der Waals surface area contributed by atoms with Crippen molar-refractivity contribution in [3.8, 4) is 0 Å². The van der Waals surface area contributed by atoms with E-state index in [9.17, 15) is 0 Å². The Morgan fingerprint density at radius 2 is 2.00 bits per heavy atom. The van der Waals surface area contributed by atoms with E-state index >= 15 is 0 Å². The molecule has 17 heavy (non-hydrogen) atoms. The molecule has 1 unspecified atom stereocenters. The maximum atomic E-state index is 5.74. The molecule has 1 aromatic heterocycles. The van der Waals surface area contributed by atoms with E-state index in [0.29, 0.717) is 17.7 Å². The van der Waals surface area contributed by atoms with Gasteiger partial charge in [0, 0.05) is 25.0 Å². The van der Waals surface area contributed by atoms with Crippen molar-refractivity contribution in [1.82, 2.24) is 14.9 Å². The number of rotatable bonds is 4. The Balaban J connectivity index is 1.83. The standard InChI is InChI=1S/C12H21N5/c1-10(17-7-3-2-4-8-17)9-16-12-11(13)14-5-6-15-12/h5-6,10H,2-4,7-9H2,1H3,(H2,13,14)(H,15,16). The molecule has 2 heterocycles. The summed E-state index contributed by atoms with van der Waals surface area (Å²) < 4.78 is 0. The number of nitrogens with two attached hydrogens (primary N) is 1. The summed E-state index contributed by atoms with van der Waals surface area (Å²) in [7, 11) is 0. The fourth-order valence-electron chi connectivity index (χ4n) is 2.22. The maximum absolute atomic E-state index is 5.74. The Morgan fingerprint density at radius 1 is 1.29 bits per heavy atom. The van der Waals surface area contributed by atoms with Crippen LogP contribution in [0.5, 0.6) is 0 Å². The van der Waals surface area contributed by atoms with Gasteiger partial charge in [-0.05, 0) is 32.9 Å². The van der Waals surface area contributed by atoms with Crippen LogP contribution in [0.1, 0.15) is 26.2 Å². The average molecular weight is 235 g/mol. The molecule has 0 saturated carbocycles. The lowest BCUT2D eigenvalue weighted by molar-refractivity contribution is 0.180. The zero-order valence-corrected chi connectivity index (χ0v) is 10.4. The van der Waals surface area contributed by atoms with Crippen LogP contribution in [-0.2, 0) is 0 Å². The Bertz CT molecular complexity index is 349. The van der Waals surface area contributed by atoms with Gasteiger partial charge in [-0.15, -0.1) is 0 Å². The first-order valence-corrected chi connectivity index (χ1v) is 6.32. The number of hydrogen-bond donors (Lipinski definition) is 2. The summed E-state index contributed by atoms with van der Waals surface area (Å²) in [5, 5.41) is 3.27. The monoisotopic (exact) mass is 235 g/mol. The van der Waals surface area contributed by atoms with Gasteiger partial charge in [-0.2, -0.15) is 0 Å². The molecule has 1 aliphatic heterocycles. The smallest absolute Gasteiger partial charge is 0.168 e. The molecule has 1 saturated heterocycles. The van der Waals surface area contributed by atoms with Crippen LogP contribution in [0.25, 0.3) is 0 Å². The molecule has 5 nitrogen and oxygen atoms in total. The summed E-state index contributed by atoms with van der Waals surface area (Å²) in [4.78, 5) is 10.7. The second-order valence-corrected chi connectivity index (χ2v) is 4.62. The third kappa shape index (κ3) is 3.30. The lowest BCUT2D eigenvalue weighted by atomic mass is 10.1. The number of piperidine rings is 1. The van der Waals surface area contributed by atoms with Crippen LogP contribution >= 0.6 is 0 Å². The highest BCUT2D eigenvalue weighted by Crippen LogP contribution is 2.14. The van der Waals surface area contributed by atoms with Gasteiger partial charge in [-0.3, -0.25) is 4.90 Å². The van der Waals surface area contributed by atoms with E-state index in [1.54, 1.807) is 12.4 Å². The SMILES string of the molecule is CC(CNc1nccnc1N)N1CCCCC1. The van der Waals surface area contributed by atoms with Crippen molar-refractivity contribution in [3.63, 3.8) is 0 Å². The first-order valence-electron chi connectivity index (χ1n) is 6.32. The summed E-state index contributed by atoms with van der Waals surface area (Å²) in [5.74, 6) is 1.16. The van der Waals surface area contributed by atoms with E-state index in [0.717, 1.165) is 6.54 Å². The highest BCUT2D eigenvalue weighted by atomic mass is 15.2. The fourth-order valence-corrected chi connectivity index (χ4v) is 2.22. The van der Waals surface area contributed by atoms with Gasteiger partial charge in [0.1, 0.15) is 0 Å². The van der Waals surface area contributed by atoms with E-state index in [4.69, 9.17) is 5.73 Å². The number of nitrogens with one attached hydrogen (secondary N) is 1. The summed E-state index contributed by atoms with van der Waals surface area (Å²) in [6, 6.07) is 0.511. The van der Waals surface area contributed by atoms with Crippen molar-refractivity contribution in [2.45, 2.75) is 32.2 Å². The van der Waals surface area contributed by atoms with E-state index < -0.39 is 0 Å². The number of likely N-dealkylation sites (tertiary alicyclic amines) is 1. The number of anilines is 2.